The number of aryl methyl sites for hydroxylation is 2. The van der Waals surface area contributed by atoms with Crippen molar-refractivity contribution in [2.24, 2.45) is 0 Å². The van der Waals surface area contributed by atoms with Gasteiger partial charge in [0.2, 0.25) is 0 Å². The van der Waals surface area contributed by atoms with Gasteiger partial charge in [-0.1, -0.05) is 6.07 Å². The van der Waals surface area contributed by atoms with Gasteiger partial charge in [0.15, 0.2) is 5.78 Å². The van der Waals surface area contributed by atoms with Gasteiger partial charge in [-0.05, 0) is 62.2 Å². The molecule has 0 aromatic heterocycles. The fourth-order valence-corrected chi connectivity index (χ4v) is 1.82. The van der Waals surface area contributed by atoms with Gasteiger partial charge in [-0.25, -0.2) is 0 Å². The van der Waals surface area contributed by atoms with E-state index in [1.807, 2.05) is 25.1 Å². The largest absolute Gasteiger partial charge is 0.457 e. The lowest BCUT2D eigenvalue weighted by molar-refractivity contribution is 0.101. The number of carbonyl (C=O) groups excluding carboxylic acids is 1. The lowest BCUT2D eigenvalue weighted by Crippen LogP contribution is -1.99. The van der Waals surface area contributed by atoms with Crippen LogP contribution in [-0.2, 0) is 0 Å². The molecule has 0 aliphatic rings. The molecule has 0 aliphatic carbocycles. The van der Waals surface area contributed by atoms with Crippen molar-refractivity contribution in [1.82, 2.24) is 0 Å². The molecule has 2 N–H and O–H groups in total. The molecule has 0 heterocycles. The smallest absolute Gasteiger partial charge is 0.162 e. The first-order valence-corrected chi connectivity index (χ1v) is 6.13. The van der Waals surface area contributed by atoms with Crippen LogP contribution in [0.3, 0.4) is 0 Å². The van der Waals surface area contributed by atoms with Crippen LogP contribution < -0.4 is 10.5 Å². The van der Waals surface area contributed by atoms with E-state index < -0.39 is 0 Å². The van der Waals surface area contributed by atoms with Crippen molar-refractivity contribution in [3.05, 3.63) is 53.1 Å². The van der Waals surface area contributed by atoms with Crippen LogP contribution >= 0.6 is 0 Å². The van der Waals surface area contributed by atoms with Gasteiger partial charge in [-0.3, -0.25) is 4.79 Å². The third kappa shape index (κ3) is 2.94. The van der Waals surface area contributed by atoms with E-state index in [0.29, 0.717) is 17.0 Å². The Morgan fingerprint density at radius 1 is 1.00 bits per heavy atom. The maximum absolute atomic E-state index is 11.4. The standard InChI is InChI=1S/C16H17NO2/c1-10-4-5-13(8-11(10)2)19-14-6-7-16(17)15(9-14)12(3)18/h4-9H,17H2,1-3H3. The summed E-state index contributed by atoms with van der Waals surface area (Å²) >= 11 is 0. The zero-order valence-electron chi connectivity index (χ0n) is 11.4. The number of anilines is 1. The quantitative estimate of drug-likeness (QED) is 0.669. The average Bonchev–Trinajstić information content (AvgIpc) is 2.36. The number of ketones is 1. The molecule has 0 unspecified atom stereocenters. The monoisotopic (exact) mass is 255 g/mol. The Balaban J connectivity index is 2.30. The molecule has 0 aliphatic heterocycles. The lowest BCUT2D eigenvalue weighted by Gasteiger charge is -2.10. The molecule has 0 saturated heterocycles. The van der Waals surface area contributed by atoms with E-state index in [9.17, 15) is 4.79 Å². The van der Waals surface area contributed by atoms with Crippen molar-refractivity contribution < 1.29 is 9.53 Å². The molecule has 0 saturated carbocycles. The average molecular weight is 255 g/mol. The molecule has 19 heavy (non-hydrogen) atoms. The van der Waals surface area contributed by atoms with Crippen LogP contribution in [0.25, 0.3) is 0 Å². The number of hydrogen-bond acceptors (Lipinski definition) is 3. The van der Waals surface area contributed by atoms with Gasteiger partial charge in [-0.15, -0.1) is 0 Å². The lowest BCUT2D eigenvalue weighted by atomic mass is 10.1. The Morgan fingerprint density at radius 3 is 2.26 bits per heavy atom. The van der Waals surface area contributed by atoms with Gasteiger partial charge in [0, 0.05) is 11.3 Å². The molecule has 0 radical (unpaired) electrons. The summed E-state index contributed by atoms with van der Waals surface area (Å²) < 4.78 is 5.75. The van der Waals surface area contributed by atoms with Crippen molar-refractivity contribution in [2.75, 3.05) is 5.73 Å². The van der Waals surface area contributed by atoms with Crippen molar-refractivity contribution in [1.29, 1.82) is 0 Å². The number of nitrogen functional groups attached to an aromatic ring is 1. The molecular formula is C16H17NO2. The van der Waals surface area contributed by atoms with Crippen molar-refractivity contribution in [3.63, 3.8) is 0 Å². The van der Waals surface area contributed by atoms with Gasteiger partial charge < -0.3 is 10.5 Å². The van der Waals surface area contributed by atoms with E-state index >= 15 is 0 Å². The first kappa shape index (κ1) is 13.1. The molecule has 2 aromatic rings. The summed E-state index contributed by atoms with van der Waals surface area (Å²) in [6.07, 6.45) is 0. The molecule has 0 atom stereocenters. The van der Waals surface area contributed by atoms with Crippen LogP contribution in [0.15, 0.2) is 36.4 Å². The molecule has 3 heteroatoms. The first-order valence-electron chi connectivity index (χ1n) is 6.13. The maximum Gasteiger partial charge on any atom is 0.162 e. The second-order valence-electron chi connectivity index (χ2n) is 4.65. The van der Waals surface area contributed by atoms with Gasteiger partial charge in [0.05, 0.1) is 0 Å². The summed E-state index contributed by atoms with van der Waals surface area (Å²) in [4.78, 5) is 11.4. The molecule has 0 spiro atoms. The third-order valence-corrected chi connectivity index (χ3v) is 3.12. The summed E-state index contributed by atoms with van der Waals surface area (Å²) in [5, 5.41) is 0. The molecule has 0 bridgehead atoms. The van der Waals surface area contributed by atoms with Gasteiger partial charge in [0.1, 0.15) is 11.5 Å². The summed E-state index contributed by atoms with van der Waals surface area (Å²) in [7, 11) is 0. The molecular weight excluding hydrogens is 238 g/mol. The molecule has 0 fully saturated rings. The highest BCUT2D eigenvalue weighted by atomic mass is 16.5. The Morgan fingerprint density at radius 2 is 1.63 bits per heavy atom. The molecule has 2 rings (SSSR count). The highest BCUT2D eigenvalue weighted by molar-refractivity contribution is 5.99. The Bertz CT molecular complexity index is 633. The highest BCUT2D eigenvalue weighted by Crippen LogP contribution is 2.26. The SMILES string of the molecule is CC(=O)c1cc(Oc2ccc(C)c(C)c2)ccc1N. The normalized spacial score (nSPS) is 10.3. The third-order valence-electron chi connectivity index (χ3n) is 3.12. The first-order chi connectivity index (χ1) is 8.97. The molecule has 2 aromatic carbocycles. The number of carbonyl (C=O) groups is 1. The summed E-state index contributed by atoms with van der Waals surface area (Å²) in [5.74, 6) is 1.30. The van der Waals surface area contributed by atoms with Gasteiger partial charge >= 0.3 is 0 Å². The minimum Gasteiger partial charge on any atom is -0.457 e. The Labute approximate surface area is 113 Å². The van der Waals surface area contributed by atoms with Crippen LogP contribution in [-0.4, -0.2) is 5.78 Å². The van der Waals surface area contributed by atoms with Crippen molar-refractivity contribution in [3.8, 4) is 11.5 Å². The fourth-order valence-electron chi connectivity index (χ4n) is 1.82. The molecule has 3 nitrogen and oxygen atoms in total. The second kappa shape index (κ2) is 5.14. The zero-order chi connectivity index (χ0) is 14.0. The number of nitrogens with two attached hydrogens (primary N) is 1. The maximum atomic E-state index is 11.4. The fraction of sp³-hybridized carbons (Fsp3) is 0.188. The van der Waals surface area contributed by atoms with Crippen LogP contribution in [0.4, 0.5) is 5.69 Å². The predicted molar refractivity (Wildman–Crippen MR) is 76.8 cm³/mol. The minimum absolute atomic E-state index is 0.0666. The van der Waals surface area contributed by atoms with Crippen LogP contribution in [0.5, 0.6) is 11.5 Å². The van der Waals surface area contributed by atoms with E-state index in [2.05, 4.69) is 6.92 Å². The van der Waals surface area contributed by atoms with E-state index in [-0.39, 0.29) is 5.78 Å². The van der Waals surface area contributed by atoms with Crippen molar-refractivity contribution in [2.45, 2.75) is 20.8 Å². The summed E-state index contributed by atoms with van der Waals surface area (Å²) in [6.45, 7) is 5.58. The Kier molecular flexibility index (Phi) is 3.56. The van der Waals surface area contributed by atoms with Crippen LogP contribution in [0, 0.1) is 13.8 Å². The van der Waals surface area contributed by atoms with E-state index in [1.165, 1.54) is 18.1 Å². The van der Waals surface area contributed by atoms with Gasteiger partial charge in [-0.2, -0.15) is 0 Å². The van der Waals surface area contributed by atoms with E-state index in [0.717, 1.165) is 5.75 Å². The number of hydrogen-bond donors (Lipinski definition) is 1. The number of Topliss-reactive ketones (excluding diaryl/α,β-unsaturated/α-hetero) is 1. The molecule has 0 amide bonds. The van der Waals surface area contributed by atoms with Gasteiger partial charge in [0.25, 0.3) is 0 Å². The topological polar surface area (TPSA) is 52.3 Å². The minimum atomic E-state index is -0.0666. The van der Waals surface area contributed by atoms with E-state index in [4.69, 9.17) is 10.5 Å². The van der Waals surface area contributed by atoms with Crippen LogP contribution in [0.2, 0.25) is 0 Å². The van der Waals surface area contributed by atoms with Crippen molar-refractivity contribution >= 4 is 11.5 Å². The highest BCUT2D eigenvalue weighted by Gasteiger charge is 2.07. The second-order valence-corrected chi connectivity index (χ2v) is 4.65. The number of benzene rings is 2. The van der Waals surface area contributed by atoms with E-state index in [1.54, 1.807) is 18.2 Å². The Hall–Kier alpha value is -2.29. The number of rotatable bonds is 3. The predicted octanol–water partition coefficient (Wildman–Crippen LogP) is 3.88. The molecule has 98 valence electrons. The zero-order valence-corrected chi connectivity index (χ0v) is 11.4. The summed E-state index contributed by atoms with van der Waals surface area (Å²) in [5.41, 5.74) is 9.09. The van der Waals surface area contributed by atoms with Crippen LogP contribution in [0.1, 0.15) is 28.4 Å². The number of ether oxygens (including phenoxy) is 1. The summed E-state index contributed by atoms with van der Waals surface area (Å²) in [6, 6.07) is 11.0.